The first-order valence-corrected chi connectivity index (χ1v) is 27.0. The molecule has 0 bridgehead atoms. The van der Waals surface area contributed by atoms with Crippen molar-refractivity contribution in [1.29, 1.82) is 0 Å². The quantitative estimate of drug-likeness (QED) is 0.0483. The second kappa shape index (κ2) is 44.9. The normalized spacial score (nSPS) is 14.3. The summed E-state index contributed by atoms with van der Waals surface area (Å²) in [5.41, 5.74) is 0. The largest absolute Gasteiger partial charge is 0.465 e. The molecule has 358 valence electrons. The van der Waals surface area contributed by atoms with Gasteiger partial charge in [-0.3, -0.25) is 14.6 Å². The van der Waals surface area contributed by atoms with Crippen molar-refractivity contribution in [3.05, 3.63) is 0 Å². The average molecular weight is 851 g/mol. The number of nitrogens with zero attached hydrogens (tertiary/aromatic N) is 2. The predicted octanol–water partition coefficient (Wildman–Crippen LogP) is 14.3. The molecule has 2 unspecified atom stereocenters. The maximum Gasteiger partial charge on any atom is 0.305 e. The van der Waals surface area contributed by atoms with E-state index in [-0.39, 0.29) is 18.7 Å². The second-order valence-corrected chi connectivity index (χ2v) is 18.9. The predicted molar refractivity (Wildman–Crippen MR) is 258 cm³/mol. The lowest BCUT2D eigenvalue weighted by molar-refractivity contribution is -0.145. The van der Waals surface area contributed by atoms with Crippen molar-refractivity contribution in [2.24, 2.45) is 5.92 Å². The first-order chi connectivity index (χ1) is 29.6. The smallest absolute Gasteiger partial charge is 0.305 e. The van der Waals surface area contributed by atoms with Crippen LogP contribution in [0.4, 0.5) is 0 Å². The van der Waals surface area contributed by atoms with E-state index in [1.807, 2.05) is 0 Å². The molecule has 1 saturated carbocycles. The summed E-state index contributed by atoms with van der Waals surface area (Å²) in [7, 11) is 0. The summed E-state index contributed by atoms with van der Waals surface area (Å²) in [6.07, 6.45) is 43.9. The molecule has 1 aliphatic carbocycles. The maximum atomic E-state index is 12.9. The van der Waals surface area contributed by atoms with Gasteiger partial charge >= 0.3 is 5.97 Å². The number of hydrogen-bond acceptors (Lipinski definition) is 7. The number of aliphatic hydroxyl groups is 1. The van der Waals surface area contributed by atoms with E-state index in [0.717, 1.165) is 78.0 Å². The molecule has 0 aliphatic heterocycles. The highest BCUT2D eigenvalue weighted by atomic mass is 16.5. The number of carbonyl (C=O) groups is 1. The SMILES string of the molecule is CCCCCCCCCCCCOCC(CN(CCCCCC(=O)OCC(CCCCCC)CCCCCCCC)CCN(CCO)C1CCC1)OCCCCCCCC. The summed E-state index contributed by atoms with van der Waals surface area (Å²) in [6.45, 7) is 16.9. The minimum Gasteiger partial charge on any atom is -0.465 e. The van der Waals surface area contributed by atoms with E-state index >= 15 is 0 Å². The molecule has 1 fully saturated rings. The fraction of sp³-hybridized carbons (Fsp3) is 0.981. The molecular weight excluding hydrogens is 745 g/mol. The van der Waals surface area contributed by atoms with Gasteiger partial charge in [0.1, 0.15) is 0 Å². The van der Waals surface area contributed by atoms with Crippen LogP contribution < -0.4 is 0 Å². The number of hydrogen-bond donors (Lipinski definition) is 1. The van der Waals surface area contributed by atoms with Gasteiger partial charge in [-0.1, -0.05) is 195 Å². The highest BCUT2D eigenvalue weighted by molar-refractivity contribution is 5.69. The van der Waals surface area contributed by atoms with Gasteiger partial charge in [-0.15, -0.1) is 0 Å². The van der Waals surface area contributed by atoms with Crippen molar-refractivity contribution in [3.63, 3.8) is 0 Å². The molecule has 0 spiro atoms. The zero-order valence-electron chi connectivity index (χ0n) is 41.0. The van der Waals surface area contributed by atoms with E-state index in [4.69, 9.17) is 14.2 Å². The van der Waals surface area contributed by atoms with Crippen LogP contribution in [-0.4, -0.2) is 98.8 Å². The monoisotopic (exact) mass is 851 g/mol. The summed E-state index contributed by atoms with van der Waals surface area (Å²) in [5, 5.41) is 9.86. The van der Waals surface area contributed by atoms with Crippen molar-refractivity contribution in [2.75, 3.05) is 65.8 Å². The van der Waals surface area contributed by atoms with Gasteiger partial charge in [0.05, 0.1) is 25.9 Å². The van der Waals surface area contributed by atoms with Crippen LogP contribution in [0.15, 0.2) is 0 Å². The van der Waals surface area contributed by atoms with Gasteiger partial charge in [0.25, 0.3) is 0 Å². The van der Waals surface area contributed by atoms with Crippen LogP contribution in [0.2, 0.25) is 0 Å². The molecule has 60 heavy (non-hydrogen) atoms. The summed E-state index contributed by atoms with van der Waals surface area (Å²) < 4.78 is 18.9. The van der Waals surface area contributed by atoms with Crippen LogP contribution >= 0.6 is 0 Å². The molecule has 0 aromatic carbocycles. The minimum absolute atomic E-state index is 0.00350. The van der Waals surface area contributed by atoms with Crippen LogP contribution in [0.3, 0.4) is 0 Å². The van der Waals surface area contributed by atoms with E-state index in [0.29, 0.717) is 31.6 Å². The summed E-state index contributed by atoms with van der Waals surface area (Å²) in [4.78, 5) is 18.0. The fourth-order valence-corrected chi connectivity index (χ4v) is 8.85. The van der Waals surface area contributed by atoms with Crippen LogP contribution in [0.5, 0.6) is 0 Å². The van der Waals surface area contributed by atoms with Gasteiger partial charge < -0.3 is 19.3 Å². The van der Waals surface area contributed by atoms with Crippen molar-refractivity contribution < 1.29 is 24.1 Å². The molecule has 0 aromatic heterocycles. The van der Waals surface area contributed by atoms with Gasteiger partial charge in [0.2, 0.25) is 0 Å². The lowest BCUT2D eigenvalue weighted by atomic mass is 9.91. The third-order valence-corrected chi connectivity index (χ3v) is 13.2. The first-order valence-electron chi connectivity index (χ1n) is 27.0. The zero-order valence-corrected chi connectivity index (χ0v) is 41.0. The Bertz CT molecular complexity index is 872. The summed E-state index contributed by atoms with van der Waals surface area (Å²) >= 11 is 0. The Labute approximate surface area is 375 Å². The summed E-state index contributed by atoms with van der Waals surface area (Å²) in [5.74, 6) is 0.516. The lowest BCUT2D eigenvalue weighted by Crippen LogP contribution is -2.47. The molecule has 1 N–H and O–H groups in total. The highest BCUT2D eigenvalue weighted by Gasteiger charge is 2.25. The Balaban J connectivity index is 2.66. The van der Waals surface area contributed by atoms with E-state index in [1.165, 1.54) is 186 Å². The van der Waals surface area contributed by atoms with E-state index in [1.54, 1.807) is 0 Å². The molecular formula is C53H106N2O5. The van der Waals surface area contributed by atoms with Gasteiger partial charge in [-0.25, -0.2) is 0 Å². The molecule has 0 saturated heterocycles. The molecule has 0 radical (unpaired) electrons. The Kier molecular flexibility index (Phi) is 42.8. The van der Waals surface area contributed by atoms with Crippen molar-refractivity contribution in [2.45, 2.75) is 265 Å². The standard InChI is InChI=1S/C53H106N2O5/c1-5-9-13-17-20-21-22-23-25-32-45-58-49-52(59-46-33-26-19-15-11-7-3)47-54(41-42-55(43-44-56)51-37-34-38-51)40-31-27-30-39-53(57)60-48-50(35-28-16-12-8-4)36-29-24-18-14-10-6-2/h50-52,56H,5-49H2,1-4H3. The zero-order chi connectivity index (χ0) is 43.4. The van der Waals surface area contributed by atoms with Crippen molar-refractivity contribution in [1.82, 2.24) is 9.80 Å². The van der Waals surface area contributed by atoms with Crippen LogP contribution in [0, 0.1) is 5.92 Å². The number of rotatable bonds is 49. The molecule has 1 aliphatic rings. The van der Waals surface area contributed by atoms with Crippen LogP contribution in [-0.2, 0) is 19.0 Å². The molecule has 0 heterocycles. The Morgan fingerprint density at radius 3 is 1.58 bits per heavy atom. The molecule has 0 amide bonds. The van der Waals surface area contributed by atoms with Gasteiger partial charge in [0.15, 0.2) is 0 Å². The van der Waals surface area contributed by atoms with Crippen molar-refractivity contribution in [3.8, 4) is 0 Å². The first kappa shape index (κ1) is 57.3. The number of aliphatic hydroxyl groups excluding tert-OH is 1. The number of carbonyl (C=O) groups excluding carboxylic acids is 1. The highest BCUT2D eigenvalue weighted by Crippen LogP contribution is 2.25. The molecule has 7 nitrogen and oxygen atoms in total. The third kappa shape index (κ3) is 35.7. The average Bonchev–Trinajstić information content (AvgIpc) is 3.23. The Morgan fingerprint density at radius 2 is 1.05 bits per heavy atom. The molecule has 2 atom stereocenters. The van der Waals surface area contributed by atoms with Gasteiger partial charge in [-0.05, 0) is 63.8 Å². The molecule has 0 aromatic rings. The molecule has 7 heteroatoms. The Morgan fingerprint density at radius 1 is 0.550 bits per heavy atom. The fourth-order valence-electron chi connectivity index (χ4n) is 8.85. The third-order valence-electron chi connectivity index (χ3n) is 13.2. The topological polar surface area (TPSA) is 71.5 Å². The Hall–Kier alpha value is -0.730. The van der Waals surface area contributed by atoms with E-state index in [9.17, 15) is 9.90 Å². The number of ether oxygens (including phenoxy) is 3. The minimum atomic E-state index is -0.00350. The van der Waals surface area contributed by atoms with E-state index in [2.05, 4.69) is 37.5 Å². The van der Waals surface area contributed by atoms with Crippen LogP contribution in [0.1, 0.15) is 252 Å². The van der Waals surface area contributed by atoms with Gasteiger partial charge in [-0.2, -0.15) is 0 Å². The van der Waals surface area contributed by atoms with Crippen LogP contribution in [0.25, 0.3) is 0 Å². The molecule has 1 rings (SSSR count). The number of esters is 1. The lowest BCUT2D eigenvalue weighted by Gasteiger charge is -2.38. The maximum absolute atomic E-state index is 12.9. The van der Waals surface area contributed by atoms with E-state index < -0.39 is 0 Å². The van der Waals surface area contributed by atoms with Crippen molar-refractivity contribution >= 4 is 5.97 Å². The summed E-state index contributed by atoms with van der Waals surface area (Å²) in [6, 6.07) is 0.621. The second-order valence-electron chi connectivity index (χ2n) is 18.9. The number of unbranched alkanes of at least 4 members (excludes halogenated alkanes) is 24. The van der Waals surface area contributed by atoms with Gasteiger partial charge in [0, 0.05) is 51.9 Å².